The molecule has 2 aromatic carbocycles. The lowest BCUT2D eigenvalue weighted by molar-refractivity contribution is -0.131. The second-order valence-corrected chi connectivity index (χ2v) is 7.72. The first-order valence-electron chi connectivity index (χ1n) is 10.7. The molecule has 0 aliphatic carbocycles. The fourth-order valence-corrected chi connectivity index (χ4v) is 3.92. The van der Waals surface area contributed by atoms with Gasteiger partial charge < -0.3 is 19.1 Å². The molecule has 3 aromatic rings. The van der Waals surface area contributed by atoms with Gasteiger partial charge in [0.25, 0.3) is 0 Å². The smallest absolute Gasteiger partial charge is 0.231 e. The van der Waals surface area contributed by atoms with E-state index in [0.29, 0.717) is 31.9 Å². The highest BCUT2D eigenvalue weighted by Gasteiger charge is 2.20. The Balaban J connectivity index is 1.80. The maximum Gasteiger partial charge on any atom is 0.231 e. The number of pyridine rings is 1. The number of aryl methyl sites for hydroxylation is 1. The minimum atomic E-state index is 0.123. The van der Waals surface area contributed by atoms with Gasteiger partial charge in [-0.15, -0.1) is 0 Å². The van der Waals surface area contributed by atoms with Gasteiger partial charge in [0, 0.05) is 50.2 Å². The van der Waals surface area contributed by atoms with E-state index in [2.05, 4.69) is 25.1 Å². The predicted octanol–water partition coefficient (Wildman–Crippen LogP) is 4.71. The Kier molecular flexibility index (Phi) is 6.37. The van der Waals surface area contributed by atoms with Crippen molar-refractivity contribution in [3.8, 4) is 22.8 Å². The van der Waals surface area contributed by atoms with E-state index in [4.69, 9.17) is 19.2 Å². The summed E-state index contributed by atoms with van der Waals surface area (Å²) >= 11 is 0. The van der Waals surface area contributed by atoms with E-state index >= 15 is 0 Å². The maximum absolute atomic E-state index is 12.7. The minimum absolute atomic E-state index is 0.123. The van der Waals surface area contributed by atoms with Gasteiger partial charge in [-0.2, -0.15) is 0 Å². The van der Waals surface area contributed by atoms with Crippen LogP contribution in [0.4, 0.5) is 0 Å². The first kappa shape index (κ1) is 21.1. The highest BCUT2D eigenvalue weighted by molar-refractivity contribution is 5.87. The Labute approximate surface area is 182 Å². The third-order valence-electron chi connectivity index (χ3n) is 5.58. The topological polar surface area (TPSA) is 60.9 Å². The molecule has 0 saturated carbocycles. The molecule has 4 rings (SSSR count). The van der Waals surface area contributed by atoms with Crippen molar-refractivity contribution in [3.63, 3.8) is 0 Å². The maximum atomic E-state index is 12.7. The van der Waals surface area contributed by atoms with Crippen LogP contribution in [-0.4, -0.2) is 42.8 Å². The molecule has 0 bridgehead atoms. The van der Waals surface area contributed by atoms with E-state index in [-0.39, 0.29) is 12.7 Å². The Hall–Kier alpha value is -3.12. The van der Waals surface area contributed by atoms with Gasteiger partial charge >= 0.3 is 0 Å². The Morgan fingerprint density at radius 2 is 1.94 bits per heavy atom. The van der Waals surface area contributed by atoms with Crippen LogP contribution in [-0.2, 0) is 16.1 Å². The zero-order chi connectivity index (χ0) is 21.8. The van der Waals surface area contributed by atoms with Gasteiger partial charge in [0.2, 0.25) is 12.7 Å². The number of fused-ring (bicyclic) bond motifs is 2. The summed E-state index contributed by atoms with van der Waals surface area (Å²) in [5.74, 6) is 1.56. The Bertz CT molecular complexity index is 1100. The largest absolute Gasteiger partial charge is 0.454 e. The molecule has 162 valence electrons. The van der Waals surface area contributed by atoms with E-state index in [1.165, 1.54) is 0 Å². The number of methoxy groups -OCH3 is 1. The van der Waals surface area contributed by atoms with Crippen molar-refractivity contribution < 1.29 is 19.0 Å². The normalized spacial score (nSPS) is 12.4. The molecule has 1 aliphatic heterocycles. The average Bonchev–Trinajstić information content (AvgIpc) is 3.23. The summed E-state index contributed by atoms with van der Waals surface area (Å²) in [7, 11) is 1.68. The Morgan fingerprint density at radius 1 is 1.16 bits per heavy atom. The van der Waals surface area contributed by atoms with Crippen LogP contribution in [0.1, 0.15) is 30.9 Å². The van der Waals surface area contributed by atoms with Crippen LogP contribution in [0.3, 0.4) is 0 Å². The lowest BCUT2D eigenvalue weighted by Gasteiger charge is -2.24. The van der Waals surface area contributed by atoms with Crippen molar-refractivity contribution in [1.29, 1.82) is 0 Å². The van der Waals surface area contributed by atoms with Gasteiger partial charge in [0.15, 0.2) is 11.5 Å². The SMILES string of the molecule is CCC(=O)N(CCCOC)Cc1cc2cc3c(cc2nc1-c1ccccc1C)OCO3. The molecule has 0 N–H and O–H groups in total. The molecule has 1 aromatic heterocycles. The van der Waals surface area contributed by atoms with Gasteiger partial charge in [0.05, 0.1) is 11.2 Å². The molecule has 2 heterocycles. The number of carbonyl (C=O) groups is 1. The quantitative estimate of drug-likeness (QED) is 0.494. The molecule has 1 aliphatic rings. The van der Waals surface area contributed by atoms with Crippen LogP contribution in [0.5, 0.6) is 11.5 Å². The van der Waals surface area contributed by atoms with Crippen molar-refractivity contribution in [2.75, 3.05) is 27.1 Å². The number of ether oxygens (including phenoxy) is 3. The highest BCUT2D eigenvalue weighted by Crippen LogP contribution is 2.37. The molecular weight excluding hydrogens is 392 g/mol. The average molecular weight is 421 g/mol. The van der Waals surface area contributed by atoms with E-state index < -0.39 is 0 Å². The van der Waals surface area contributed by atoms with E-state index in [1.54, 1.807) is 7.11 Å². The molecule has 1 amide bonds. The lowest BCUT2D eigenvalue weighted by Crippen LogP contribution is -2.31. The molecular formula is C25H28N2O4. The van der Waals surface area contributed by atoms with E-state index in [0.717, 1.165) is 45.5 Å². The van der Waals surface area contributed by atoms with Crippen LogP contribution in [0.2, 0.25) is 0 Å². The van der Waals surface area contributed by atoms with Gasteiger partial charge in [-0.1, -0.05) is 31.2 Å². The van der Waals surface area contributed by atoms with Crippen molar-refractivity contribution in [1.82, 2.24) is 9.88 Å². The van der Waals surface area contributed by atoms with Crippen molar-refractivity contribution >= 4 is 16.8 Å². The first-order chi connectivity index (χ1) is 15.1. The second-order valence-electron chi connectivity index (χ2n) is 7.72. The molecule has 0 unspecified atom stereocenters. The number of benzene rings is 2. The monoisotopic (exact) mass is 420 g/mol. The van der Waals surface area contributed by atoms with Gasteiger partial charge in [-0.3, -0.25) is 4.79 Å². The zero-order valence-electron chi connectivity index (χ0n) is 18.3. The molecule has 0 fully saturated rings. The molecule has 0 spiro atoms. The number of nitrogens with zero attached hydrogens (tertiary/aromatic N) is 2. The fraction of sp³-hybridized carbons (Fsp3) is 0.360. The third kappa shape index (κ3) is 4.49. The standard InChI is InChI=1S/C25H28N2O4/c1-4-24(28)27(10-7-11-29-3)15-19-12-18-13-22-23(31-16-30-22)14-21(18)26-25(19)20-9-6-5-8-17(20)2/h5-6,8-9,12-14H,4,7,10-11,15-16H2,1-3H3. The Morgan fingerprint density at radius 3 is 2.68 bits per heavy atom. The van der Waals surface area contributed by atoms with E-state index in [1.807, 2.05) is 36.1 Å². The van der Waals surface area contributed by atoms with Crippen LogP contribution in [0.25, 0.3) is 22.2 Å². The van der Waals surface area contributed by atoms with Crippen molar-refractivity contribution in [2.45, 2.75) is 33.2 Å². The number of carbonyl (C=O) groups excluding carboxylic acids is 1. The summed E-state index contributed by atoms with van der Waals surface area (Å²) in [4.78, 5) is 19.6. The van der Waals surface area contributed by atoms with Crippen LogP contribution < -0.4 is 9.47 Å². The summed E-state index contributed by atoms with van der Waals surface area (Å²) in [5, 5.41) is 0.970. The van der Waals surface area contributed by atoms with Crippen LogP contribution in [0, 0.1) is 6.92 Å². The number of amides is 1. The van der Waals surface area contributed by atoms with Crippen LogP contribution >= 0.6 is 0 Å². The van der Waals surface area contributed by atoms with Crippen molar-refractivity contribution in [3.05, 3.63) is 53.6 Å². The number of hydrogen-bond acceptors (Lipinski definition) is 5. The molecule has 0 saturated heterocycles. The third-order valence-corrected chi connectivity index (χ3v) is 5.58. The summed E-state index contributed by atoms with van der Waals surface area (Å²) in [5.41, 5.74) is 4.96. The summed E-state index contributed by atoms with van der Waals surface area (Å²) < 4.78 is 16.3. The van der Waals surface area contributed by atoms with Gasteiger partial charge in [-0.05, 0) is 36.6 Å². The molecule has 6 nitrogen and oxygen atoms in total. The molecule has 0 radical (unpaired) electrons. The zero-order valence-corrected chi connectivity index (χ0v) is 18.3. The van der Waals surface area contributed by atoms with Crippen LogP contribution in [0.15, 0.2) is 42.5 Å². The van der Waals surface area contributed by atoms with E-state index in [9.17, 15) is 4.79 Å². The number of hydrogen-bond donors (Lipinski definition) is 0. The first-order valence-corrected chi connectivity index (χ1v) is 10.7. The molecule has 6 heteroatoms. The van der Waals surface area contributed by atoms with Gasteiger partial charge in [-0.25, -0.2) is 4.98 Å². The second kappa shape index (κ2) is 9.35. The fourth-order valence-electron chi connectivity index (χ4n) is 3.92. The summed E-state index contributed by atoms with van der Waals surface area (Å²) in [6.45, 7) is 5.97. The summed E-state index contributed by atoms with van der Waals surface area (Å²) in [6.07, 6.45) is 1.26. The highest BCUT2D eigenvalue weighted by atomic mass is 16.7. The lowest BCUT2D eigenvalue weighted by atomic mass is 9.99. The van der Waals surface area contributed by atoms with Crippen molar-refractivity contribution in [2.24, 2.45) is 0 Å². The number of rotatable bonds is 8. The minimum Gasteiger partial charge on any atom is -0.454 e. The summed E-state index contributed by atoms with van der Waals surface area (Å²) in [6, 6.07) is 14.2. The van der Waals surface area contributed by atoms with Gasteiger partial charge in [0.1, 0.15) is 0 Å². The number of aromatic nitrogens is 1. The predicted molar refractivity (Wildman–Crippen MR) is 120 cm³/mol. The molecule has 0 atom stereocenters. The molecule has 31 heavy (non-hydrogen) atoms.